The fourth-order valence-electron chi connectivity index (χ4n) is 2.18. The van der Waals surface area contributed by atoms with Crippen molar-refractivity contribution in [2.24, 2.45) is 0 Å². The van der Waals surface area contributed by atoms with E-state index >= 15 is 0 Å². The van der Waals surface area contributed by atoms with Crippen molar-refractivity contribution in [3.05, 3.63) is 58.4 Å². The standard InChI is InChI=1S/C17H17ClFNO3/c1-22-14-4-3-5-15(23-2)16(14)17(21)20-9-8-11-6-7-13(19)12(18)10-11/h3-7,10H,8-9H2,1-2H3,(H,20,21). The van der Waals surface area contributed by atoms with Crippen molar-refractivity contribution in [3.8, 4) is 11.5 Å². The Labute approximate surface area is 139 Å². The SMILES string of the molecule is COc1cccc(OC)c1C(=O)NCCc1ccc(F)c(Cl)c1. The average Bonchev–Trinajstić information content (AvgIpc) is 2.57. The predicted octanol–water partition coefficient (Wildman–Crippen LogP) is 3.47. The van der Waals surface area contributed by atoms with Crippen LogP contribution in [0.25, 0.3) is 0 Å². The second-order valence-corrected chi connectivity index (χ2v) is 5.20. The predicted molar refractivity (Wildman–Crippen MR) is 87.0 cm³/mol. The molecule has 0 bridgehead atoms. The molecule has 0 saturated carbocycles. The molecule has 2 rings (SSSR count). The molecular formula is C17H17ClFNO3. The number of halogens is 2. The van der Waals surface area contributed by atoms with Crippen molar-refractivity contribution < 1.29 is 18.7 Å². The fraction of sp³-hybridized carbons (Fsp3) is 0.235. The Morgan fingerprint density at radius 2 is 1.83 bits per heavy atom. The van der Waals surface area contributed by atoms with Gasteiger partial charge in [-0.2, -0.15) is 0 Å². The van der Waals surface area contributed by atoms with Crippen molar-refractivity contribution in [1.82, 2.24) is 5.32 Å². The number of methoxy groups -OCH3 is 2. The molecule has 2 aromatic rings. The van der Waals surface area contributed by atoms with Crippen LogP contribution in [0, 0.1) is 5.82 Å². The highest BCUT2D eigenvalue weighted by Gasteiger charge is 2.17. The monoisotopic (exact) mass is 337 g/mol. The van der Waals surface area contributed by atoms with Crippen molar-refractivity contribution in [3.63, 3.8) is 0 Å². The first-order valence-electron chi connectivity index (χ1n) is 7.00. The summed E-state index contributed by atoms with van der Waals surface area (Å²) >= 11 is 5.73. The van der Waals surface area contributed by atoms with Gasteiger partial charge in [0.05, 0.1) is 19.2 Å². The summed E-state index contributed by atoms with van der Waals surface area (Å²) in [4.78, 5) is 12.4. The number of ether oxygens (including phenoxy) is 2. The molecule has 122 valence electrons. The van der Waals surface area contributed by atoms with Gasteiger partial charge in [-0.1, -0.05) is 23.7 Å². The van der Waals surface area contributed by atoms with Gasteiger partial charge in [0.25, 0.3) is 5.91 Å². The minimum Gasteiger partial charge on any atom is -0.496 e. The Balaban J connectivity index is 2.04. The Morgan fingerprint density at radius 1 is 1.17 bits per heavy atom. The summed E-state index contributed by atoms with van der Waals surface area (Å²) in [7, 11) is 2.98. The molecule has 0 aromatic heterocycles. The molecule has 2 aromatic carbocycles. The molecule has 0 heterocycles. The normalized spacial score (nSPS) is 10.3. The van der Waals surface area contributed by atoms with Gasteiger partial charge in [0.15, 0.2) is 0 Å². The van der Waals surface area contributed by atoms with E-state index in [4.69, 9.17) is 21.1 Å². The van der Waals surface area contributed by atoms with Gasteiger partial charge < -0.3 is 14.8 Å². The van der Waals surface area contributed by atoms with Crippen LogP contribution in [0.4, 0.5) is 4.39 Å². The Kier molecular flexibility index (Phi) is 5.82. The zero-order valence-corrected chi connectivity index (χ0v) is 13.6. The second-order valence-electron chi connectivity index (χ2n) is 4.79. The lowest BCUT2D eigenvalue weighted by Crippen LogP contribution is -2.26. The molecule has 0 spiro atoms. The van der Waals surface area contributed by atoms with E-state index in [1.54, 1.807) is 30.3 Å². The van der Waals surface area contributed by atoms with Crippen molar-refractivity contribution in [2.75, 3.05) is 20.8 Å². The molecule has 0 aliphatic heterocycles. The maximum Gasteiger partial charge on any atom is 0.258 e. The maximum absolute atomic E-state index is 13.1. The molecule has 23 heavy (non-hydrogen) atoms. The molecule has 0 aliphatic carbocycles. The van der Waals surface area contributed by atoms with Crippen LogP contribution in [0.2, 0.25) is 5.02 Å². The number of nitrogens with one attached hydrogen (secondary N) is 1. The Morgan fingerprint density at radius 3 is 2.39 bits per heavy atom. The van der Waals surface area contributed by atoms with Crippen LogP contribution in [-0.4, -0.2) is 26.7 Å². The topological polar surface area (TPSA) is 47.6 Å². The van der Waals surface area contributed by atoms with Crippen LogP contribution in [0.15, 0.2) is 36.4 Å². The minimum absolute atomic E-state index is 0.0697. The highest BCUT2D eigenvalue weighted by molar-refractivity contribution is 6.30. The lowest BCUT2D eigenvalue weighted by Gasteiger charge is -2.13. The second kappa shape index (κ2) is 7.83. The largest absolute Gasteiger partial charge is 0.496 e. The van der Waals surface area contributed by atoms with Gasteiger partial charge >= 0.3 is 0 Å². The number of rotatable bonds is 6. The van der Waals surface area contributed by atoms with E-state index in [0.717, 1.165) is 5.56 Å². The smallest absolute Gasteiger partial charge is 0.258 e. The molecule has 4 nitrogen and oxygen atoms in total. The molecule has 0 atom stereocenters. The zero-order chi connectivity index (χ0) is 16.8. The van der Waals surface area contributed by atoms with Crippen LogP contribution < -0.4 is 14.8 Å². The van der Waals surface area contributed by atoms with Crippen molar-refractivity contribution >= 4 is 17.5 Å². The van der Waals surface area contributed by atoms with E-state index in [9.17, 15) is 9.18 Å². The number of carbonyl (C=O) groups is 1. The van der Waals surface area contributed by atoms with Crippen LogP contribution in [0.3, 0.4) is 0 Å². The summed E-state index contributed by atoms with van der Waals surface area (Å²) in [5.41, 5.74) is 1.18. The maximum atomic E-state index is 13.1. The molecule has 0 fully saturated rings. The summed E-state index contributed by atoms with van der Waals surface area (Å²) in [5, 5.41) is 2.86. The number of hydrogen-bond donors (Lipinski definition) is 1. The first kappa shape index (κ1) is 17.1. The van der Waals surface area contributed by atoms with Gasteiger partial charge in [0, 0.05) is 6.54 Å². The molecule has 1 amide bonds. The molecule has 1 N–H and O–H groups in total. The molecule has 0 saturated heterocycles. The molecule has 0 unspecified atom stereocenters. The lowest BCUT2D eigenvalue weighted by molar-refractivity contribution is 0.0948. The van der Waals surface area contributed by atoms with Crippen LogP contribution >= 0.6 is 11.6 Å². The third-order valence-corrected chi connectivity index (χ3v) is 3.63. The quantitative estimate of drug-likeness (QED) is 0.878. The summed E-state index contributed by atoms with van der Waals surface area (Å²) in [6.07, 6.45) is 0.531. The highest BCUT2D eigenvalue weighted by Crippen LogP contribution is 2.27. The molecule has 0 aliphatic rings. The van der Waals surface area contributed by atoms with E-state index < -0.39 is 5.82 Å². The van der Waals surface area contributed by atoms with Crippen molar-refractivity contribution in [1.29, 1.82) is 0 Å². The fourth-order valence-corrected chi connectivity index (χ4v) is 2.38. The molecule has 0 radical (unpaired) electrons. The van der Waals surface area contributed by atoms with Crippen LogP contribution in [0.5, 0.6) is 11.5 Å². The van der Waals surface area contributed by atoms with E-state index in [2.05, 4.69) is 5.32 Å². The summed E-state index contributed by atoms with van der Waals surface area (Å²) in [6, 6.07) is 9.62. The zero-order valence-electron chi connectivity index (χ0n) is 12.9. The van der Waals surface area contributed by atoms with E-state index in [0.29, 0.717) is 30.0 Å². The Hall–Kier alpha value is -2.27. The summed E-state index contributed by atoms with van der Waals surface area (Å²) < 4.78 is 23.5. The van der Waals surface area contributed by atoms with Gasteiger partial charge in [-0.05, 0) is 36.2 Å². The summed E-state index contributed by atoms with van der Waals surface area (Å²) in [6.45, 7) is 0.377. The van der Waals surface area contributed by atoms with Crippen LogP contribution in [-0.2, 0) is 6.42 Å². The van der Waals surface area contributed by atoms with E-state index in [1.807, 2.05) is 0 Å². The average molecular weight is 338 g/mol. The first-order valence-corrected chi connectivity index (χ1v) is 7.37. The minimum atomic E-state index is -0.460. The Bertz CT molecular complexity index is 684. The van der Waals surface area contributed by atoms with Gasteiger partial charge in [0.1, 0.15) is 22.9 Å². The van der Waals surface area contributed by atoms with E-state index in [1.165, 1.54) is 20.3 Å². The first-order chi connectivity index (χ1) is 11.1. The highest BCUT2D eigenvalue weighted by atomic mass is 35.5. The van der Waals surface area contributed by atoms with Crippen molar-refractivity contribution in [2.45, 2.75) is 6.42 Å². The summed E-state index contributed by atoms with van der Waals surface area (Å²) in [5.74, 6) is 0.115. The third-order valence-electron chi connectivity index (χ3n) is 3.34. The van der Waals surface area contributed by atoms with E-state index in [-0.39, 0.29) is 10.9 Å². The third kappa shape index (κ3) is 4.13. The van der Waals surface area contributed by atoms with Gasteiger partial charge in [-0.25, -0.2) is 4.39 Å². The number of amides is 1. The number of benzene rings is 2. The lowest BCUT2D eigenvalue weighted by atomic mass is 10.1. The molecule has 6 heteroatoms. The number of carbonyl (C=O) groups excluding carboxylic acids is 1. The van der Waals surface area contributed by atoms with Gasteiger partial charge in [-0.15, -0.1) is 0 Å². The van der Waals surface area contributed by atoms with Gasteiger partial charge in [0.2, 0.25) is 0 Å². The van der Waals surface area contributed by atoms with Gasteiger partial charge in [-0.3, -0.25) is 4.79 Å². The van der Waals surface area contributed by atoms with Crippen LogP contribution in [0.1, 0.15) is 15.9 Å². The number of hydrogen-bond acceptors (Lipinski definition) is 3. The molecular weight excluding hydrogens is 321 g/mol.